The van der Waals surface area contributed by atoms with Gasteiger partial charge in [-0.05, 0) is 43.3 Å². The third-order valence-electron chi connectivity index (χ3n) is 3.93. The van der Waals surface area contributed by atoms with Crippen molar-refractivity contribution in [3.63, 3.8) is 0 Å². The van der Waals surface area contributed by atoms with Crippen LogP contribution in [-0.4, -0.2) is 36.0 Å². The number of aryl methyl sites for hydroxylation is 1. The predicted molar refractivity (Wildman–Crippen MR) is 103 cm³/mol. The van der Waals surface area contributed by atoms with Crippen molar-refractivity contribution in [3.8, 4) is 5.75 Å². The van der Waals surface area contributed by atoms with Crippen molar-refractivity contribution in [2.45, 2.75) is 6.92 Å². The Balaban J connectivity index is 1.69. The lowest BCUT2D eigenvalue weighted by Crippen LogP contribution is -2.31. The Bertz CT molecular complexity index is 894. The van der Waals surface area contributed by atoms with Crippen LogP contribution in [0.4, 0.5) is 0 Å². The maximum absolute atomic E-state index is 12.8. The van der Waals surface area contributed by atoms with E-state index in [1.807, 2.05) is 61.5 Å². The zero-order valence-corrected chi connectivity index (χ0v) is 15.8. The van der Waals surface area contributed by atoms with Gasteiger partial charge in [0.1, 0.15) is 12.4 Å². The number of nitrogens with zero attached hydrogens (tertiary/aromatic N) is 2. The van der Waals surface area contributed by atoms with Gasteiger partial charge in [-0.2, -0.15) is 0 Å². The van der Waals surface area contributed by atoms with Crippen LogP contribution in [0.2, 0.25) is 0 Å². The minimum Gasteiger partial charge on any atom is -0.492 e. The number of para-hydroxylation sites is 1. The molecule has 0 aliphatic rings. The van der Waals surface area contributed by atoms with Crippen LogP contribution in [0.1, 0.15) is 16.1 Å². The van der Waals surface area contributed by atoms with E-state index < -0.39 is 0 Å². The first-order chi connectivity index (χ1) is 12.0. The summed E-state index contributed by atoms with van der Waals surface area (Å²) < 4.78 is 6.71. The van der Waals surface area contributed by atoms with Crippen molar-refractivity contribution in [3.05, 3.63) is 70.3 Å². The maximum Gasteiger partial charge on any atom is 0.254 e. The molecule has 0 atom stereocenters. The molecule has 1 amide bonds. The third-order valence-corrected chi connectivity index (χ3v) is 4.46. The second-order valence-electron chi connectivity index (χ2n) is 5.86. The van der Waals surface area contributed by atoms with Crippen molar-refractivity contribution in [1.82, 2.24) is 9.88 Å². The molecular formula is C20H19BrN2O2. The molecule has 1 heterocycles. The summed E-state index contributed by atoms with van der Waals surface area (Å²) in [5, 5.41) is 0.874. The number of fused-ring (bicyclic) bond motifs is 1. The average molecular weight is 399 g/mol. The molecule has 0 fully saturated rings. The van der Waals surface area contributed by atoms with E-state index in [4.69, 9.17) is 4.74 Å². The van der Waals surface area contributed by atoms with Gasteiger partial charge in [0.05, 0.1) is 17.6 Å². The largest absolute Gasteiger partial charge is 0.492 e. The minimum atomic E-state index is -0.0268. The highest BCUT2D eigenvalue weighted by Gasteiger charge is 2.16. The monoisotopic (exact) mass is 398 g/mol. The molecule has 0 bridgehead atoms. The topological polar surface area (TPSA) is 42.4 Å². The molecule has 0 spiro atoms. The van der Waals surface area contributed by atoms with Gasteiger partial charge in [0.2, 0.25) is 0 Å². The van der Waals surface area contributed by atoms with Crippen LogP contribution in [0.5, 0.6) is 5.75 Å². The highest BCUT2D eigenvalue weighted by molar-refractivity contribution is 9.10. The summed E-state index contributed by atoms with van der Waals surface area (Å²) in [6, 6.07) is 17.2. The fraction of sp³-hybridized carbons (Fsp3) is 0.200. The molecular weight excluding hydrogens is 380 g/mol. The number of carbonyl (C=O) groups is 1. The molecule has 5 heteroatoms. The van der Waals surface area contributed by atoms with E-state index in [0.29, 0.717) is 18.7 Å². The summed E-state index contributed by atoms with van der Waals surface area (Å²) in [5.74, 6) is 0.760. The molecule has 128 valence electrons. The summed E-state index contributed by atoms with van der Waals surface area (Å²) in [7, 11) is 1.79. The van der Waals surface area contributed by atoms with Crippen molar-refractivity contribution >= 4 is 32.7 Å². The number of carbonyl (C=O) groups excluding carboxylic acids is 1. The van der Waals surface area contributed by atoms with Crippen LogP contribution in [0.25, 0.3) is 10.9 Å². The number of ether oxygens (including phenoxy) is 1. The van der Waals surface area contributed by atoms with Crippen LogP contribution < -0.4 is 4.74 Å². The standard InChI is InChI=1S/C20H19BrN2O2/c1-14-13-18(17-5-3-4-6-19(17)22-14)20(24)23(2)11-12-25-16-9-7-15(21)8-10-16/h3-10,13H,11-12H2,1-2H3. The van der Waals surface area contributed by atoms with E-state index in [2.05, 4.69) is 20.9 Å². The minimum absolute atomic E-state index is 0.0268. The summed E-state index contributed by atoms with van der Waals surface area (Å²) >= 11 is 3.39. The van der Waals surface area contributed by atoms with Gasteiger partial charge in [-0.1, -0.05) is 34.1 Å². The third kappa shape index (κ3) is 4.17. The predicted octanol–water partition coefficient (Wildman–Crippen LogP) is 4.46. The van der Waals surface area contributed by atoms with Crippen LogP contribution in [0.3, 0.4) is 0 Å². The highest BCUT2D eigenvalue weighted by atomic mass is 79.9. The lowest BCUT2D eigenvalue weighted by Gasteiger charge is -2.19. The first-order valence-electron chi connectivity index (χ1n) is 8.05. The molecule has 3 aromatic rings. The lowest BCUT2D eigenvalue weighted by molar-refractivity contribution is 0.0775. The van der Waals surface area contributed by atoms with Crippen molar-refractivity contribution in [2.24, 2.45) is 0 Å². The van der Waals surface area contributed by atoms with Crippen LogP contribution >= 0.6 is 15.9 Å². The second-order valence-corrected chi connectivity index (χ2v) is 6.77. The summed E-state index contributed by atoms with van der Waals surface area (Å²) in [6.45, 7) is 2.84. The summed E-state index contributed by atoms with van der Waals surface area (Å²) in [6.07, 6.45) is 0. The molecule has 1 aromatic heterocycles. The van der Waals surface area contributed by atoms with Gasteiger partial charge in [-0.25, -0.2) is 0 Å². The molecule has 0 unspecified atom stereocenters. The Morgan fingerprint density at radius 3 is 2.64 bits per heavy atom. The van der Waals surface area contributed by atoms with Crippen molar-refractivity contribution < 1.29 is 9.53 Å². The maximum atomic E-state index is 12.8. The van der Waals surface area contributed by atoms with Crippen LogP contribution in [0, 0.1) is 6.92 Å². The Morgan fingerprint density at radius 2 is 1.88 bits per heavy atom. The van der Waals surface area contributed by atoms with Gasteiger partial charge in [0.15, 0.2) is 0 Å². The SMILES string of the molecule is Cc1cc(C(=O)N(C)CCOc2ccc(Br)cc2)c2ccccc2n1. The lowest BCUT2D eigenvalue weighted by atomic mass is 10.1. The first-order valence-corrected chi connectivity index (χ1v) is 8.84. The highest BCUT2D eigenvalue weighted by Crippen LogP contribution is 2.20. The van der Waals surface area contributed by atoms with Gasteiger partial charge < -0.3 is 9.64 Å². The molecule has 0 N–H and O–H groups in total. The number of hydrogen-bond acceptors (Lipinski definition) is 3. The van der Waals surface area contributed by atoms with E-state index in [9.17, 15) is 4.79 Å². The smallest absolute Gasteiger partial charge is 0.254 e. The van der Waals surface area contributed by atoms with Gasteiger partial charge in [-0.15, -0.1) is 0 Å². The van der Waals surface area contributed by atoms with Gasteiger partial charge in [-0.3, -0.25) is 9.78 Å². The number of amides is 1. The Kier molecular flexibility index (Phi) is 5.34. The van der Waals surface area contributed by atoms with Crippen LogP contribution in [0.15, 0.2) is 59.1 Å². The number of aromatic nitrogens is 1. The molecule has 0 aliphatic carbocycles. The fourth-order valence-electron chi connectivity index (χ4n) is 2.62. The van der Waals surface area contributed by atoms with Crippen LogP contribution in [-0.2, 0) is 0 Å². The molecule has 0 saturated heterocycles. The van der Waals surface area contributed by atoms with E-state index in [0.717, 1.165) is 26.8 Å². The Hall–Kier alpha value is -2.40. The molecule has 0 saturated carbocycles. The van der Waals surface area contributed by atoms with Gasteiger partial charge in [0.25, 0.3) is 5.91 Å². The van der Waals surface area contributed by atoms with Crippen molar-refractivity contribution in [2.75, 3.05) is 20.2 Å². The zero-order chi connectivity index (χ0) is 17.8. The number of likely N-dealkylation sites (N-methyl/N-ethyl adjacent to an activating group) is 1. The Morgan fingerprint density at radius 1 is 1.16 bits per heavy atom. The number of pyridine rings is 1. The van der Waals surface area contributed by atoms with E-state index >= 15 is 0 Å². The quantitative estimate of drug-likeness (QED) is 0.637. The number of halogens is 1. The number of rotatable bonds is 5. The summed E-state index contributed by atoms with van der Waals surface area (Å²) in [4.78, 5) is 19.0. The number of benzene rings is 2. The van der Waals surface area contributed by atoms with Gasteiger partial charge in [0, 0.05) is 22.6 Å². The normalized spacial score (nSPS) is 10.7. The zero-order valence-electron chi connectivity index (χ0n) is 14.2. The average Bonchev–Trinajstić information content (AvgIpc) is 2.62. The summed E-state index contributed by atoms with van der Waals surface area (Å²) in [5.41, 5.74) is 2.35. The fourth-order valence-corrected chi connectivity index (χ4v) is 2.89. The molecule has 2 aromatic carbocycles. The molecule has 4 nitrogen and oxygen atoms in total. The second kappa shape index (κ2) is 7.66. The first kappa shape index (κ1) is 17.4. The molecule has 3 rings (SSSR count). The van der Waals surface area contributed by atoms with E-state index in [1.54, 1.807) is 11.9 Å². The van der Waals surface area contributed by atoms with E-state index in [-0.39, 0.29) is 5.91 Å². The molecule has 0 radical (unpaired) electrons. The van der Waals surface area contributed by atoms with Gasteiger partial charge >= 0.3 is 0 Å². The van der Waals surface area contributed by atoms with E-state index in [1.165, 1.54) is 0 Å². The van der Waals surface area contributed by atoms with Crippen molar-refractivity contribution in [1.29, 1.82) is 0 Å². The molecule has 25 heavy (non-hydrogen) atoms. The Labute approximate surface area is 155 Å². The number of hydrogen-bond donors (Lipinski definition) is 0. The molecule has 0 aliphatic heterocycles.